The van der Waals surface area contributed by atoms with Crippen molar-refractivity contribution in [3.63, 3.8) is 0 Å². The zero-order valence-corrected chi connectivity index (χ0v) is 11.2. The van der Waals surface area contributed by atoms with E-state index in [9.17, 15) is 0 Å². The Morgan fingerprint density at radius 2 is 2.29 bits per heavy atom. The lowest BCUT2D eigenvalue weighted by molar-refractivity contribution is 0.283. The SMILES string of the molecule is CC(C)C1CCN(Cc2noc(CN)n2)C1.Cl. The molecule has 1 fully saturated rings. The molecular formula is C11H21ClN4O. The van der Waals surface area contributed by atoms with E-state index < -0.39 is 0 Å². The first kappa shape index (κ1) is 14.4. The van der Waals surface area contributed by atoms with Crippen LogP contribution in [0.2, 0.25) is 0 Å². The molecule has 1 aliphatic rings. The molecule has 0 spiro atoms. The summed E-state index contributed by atoms with van der Waals surface area (Å²) < 4.78 is 4.99. The van der Waals surface area contributed by atoms with E-state index in [4.69, 9.17) is 10.3 Å². The molecule has 1 atom stereocenters. The molecule has 1 unspecified atom stereocenters. The number of hydrogen-bond acceptors (Lipinski definition) is 5. The van der Waals surface area contributed by atoms with Crippen molar-refractivity contribution in [1.82, 2.24) is 15.0 Å². The number of nitrogens with zero attached hydrogens (tertiary/aromatic N) is 3. The van der Waals surface area contributed by atoms with Crippen LogP contribution in [0.3, 0.4) is 0 Å². The summed E-state index contributed by atoms with van der Waals surface area (Å²) in [5.41, 5.74) is 5.42. The zero-order chi connectivity index (χ0) is 11.5. The van der Waals surface area contributed by atoms with E-state index in [-0.39, 0.29) is 12.4 Å². The van der Waals surface area contributed by atoms with E-state index in [1.165, 1.54) is 6.42 Å². The number of rotatable bonds is 4. The quantitative estimate of drug-likeness (QED) is 0.887. The van der Waals surface area contributed by atoms with Gasteiger partial charge in [-0.25, -0.2) is 0 Å². The molecule has 0 amide bonds. The Morgan fingerprint density at radius 1 is 1.53 bits per heavy atom. The molecule has 1 aromatic heterocycles. The first-order valence-electron chi connectivity index (χ1n) is 5.93. The Hall–Kier alpha value is -0.650. The van der Waals surface area contributed by atoms with Gasteiger partial charge in [0.25, 0.3) is 0 Å². The van der Waals surface area contributed by atoms with Crippen molar-refractivity contribution in [2.75, 3.05) is 13.1 Å². The largest absolute Gasteiger partial charge is 0.338 e. The Bertz CT molecular complexity index is 342. The second-order valence-electron chi connectivity index (χ2n) is 4.84. The molecule has 1 aromatic rings. The Morgan fingerprint density at radius 3 is 2.82 bits per heavy atom. The fourth-order valence-corrected chi connectivity index (χ4v) is 2.19. The lowest BCUT2D eigenvalue weighted by atomic mass is 9.95. The molecule has 98 valence electrons. The Kier molecular flexibility index (Phi) is 5.36. The monoisotopic (exact) mass is 260 g/mol. The number of hydrogen-bond donors (Lipinski definition) is 1. The van der Waals surface area contributed by atoms with Crippen LogP contribution in [0.15, 0.2) is 4.52 Å². The zero-order valence-electron chi connectivity index (χ0n) is 10.4. The minimum Gasteiger partial charge on any atom is -0.338 e. The number of nitrogens with two attached hydrogens (primary N) is 1. The first-order chi connectivity index (χ1) is 7.69. The Labute approximate surface area is 108 Å². The molecule has 0 aliphatic carbocycles. The van der Waals surface area contributed by atoms with Crippen LogP contribution in [0, 0.1) is 11.8 Å². The molecule has 2 N–H and O–H groups in total. The van der Waals surface area contributed by atoms with Crippen LogP contribution in [-0.2, 0) is 13.1 Å². The average molecular weight is 261 g/mol. The smallest absolute Gasteiger partial charge is 0.240 e. The van der Waals surface area contributed by atoms with Gasteiger partial charge < -0.3 is 10.3 Å². The standard InChI is InChI=1S/C11H20N4O.ClH/c1-8(2)9-3-4-15(6-9)7-10-13-11(5-12)16-14-10;/h8-9H,3-7,12H2,1-2H3;1H. The van der Waals surface area contributed by atoms with Crippen LogP contribution < -0.4 is 5.73 Å². The van der Waals surface area contributed by atoms with Crippen molar-refractivity contribution < 1.29 is 4.52 Å². The van der Waals surface area contributed by atoms with E-state index in [2.05, 4.69) is 28.9 Å². The summed E-state index contributed by atoms with van der Waals surface area (Å²) >= 11 is 0. The molecule has 5 nitrogen and oxygen atoms in total. The van der Waals surface area contributed by atoms with Gasteiger partial charge in [-0.1, -0.05) is 19.0 Å². The summed E-state index contributed by atoms with van der Waals surface area (Å²) in [5, 5.41) is 3.91. The van der Waals surface area contributed by atoms with E-state index in [0.29, 0.717) is 12.4 Å². The number of halogens is 1. The highest BCUT2D eigenvalue weighted by atomic mass is 35.5. The van der Waals surface area contributed by atoms with Crippen molar-refractivity contribution in [2.45, 2.75) is 33.4 Å². The third kappa shape index (κ3) is 3.66. The molecule has 6 heteroatoms. The van der Waals surface area contributed by atoms with Crippen molar-refractivity contribution in [3.05, 3.63) is 11.7 Å². The van der Waals surface area contributed by atoms with Gasteiger partial charge in [0.05, 0.1) is 13.1 Å². The van der Waals surface area contributed by atoms with E-state index >= 15 is 0 Å². The topological polar surface area (TPSA) is 68.2 Å². The maximum atomic E-state index is 5.42. The van der Waals surface area contributed by atoms with Gasteiger partial charge in [-0.2, -0.15) is 4.98 Å². The predicted molar refractivity (Wildman–Crippen MR) is 67.7 cm³/mol. The lowest BCUT2D eigenvalue weighted by Crippen LogP contribution is -2.22. The van der Waals surface area contributed by atoms with Gasteiger partial charge in [0.2, 0.25) is 5.89 Å². The van der Waals surface area contributed by atoms with Crippen LogP contribution in [0.25, 0.3) is 0 Å². The fourth-order valence-electron chi connectivity index (χ4n) is 2.19. The third-order valence-electron chi connectivity index (χ3n) is 3.30. The van der Waals surface area contributed by atoms with E-state index in [0.717, 1.165) is 37.3 Å². The molecule has 0 aromatic carbocycles. The van der Waals surface area contributed by atoms with Crippen molar-refractivity contribution in [3.8, 4) is 0 Å². The minimum absolute atomic E-state index is 0. The van der Waals surface area contributed by atoms with Crippen molar-refractivity contribution >= 4 is 12.4 Å². The molecule has 1 aliphatic heterocycles. The van der Waals surface area contributed by atoms with Gasteiger partial charge in [-0.3, -0.25) is 4.90 Å². The molecule has 2 heterocycles. The maximum absolute atomic E-state index is 5.42. The summed E-state index contributed by atoms with van der Waals surface area (Å²) in [4.78, 5) is 6.60. The maximum Gasteiger partial charge on any atom is 0.240 e. The molecule has 2 rings (SSSR count). The van der Waals surface area contributed by atoms with Gasteiger partial charge in [-0.15, -0.1) is 12.4 Å². The molecule has 1 saturated heterocycles. The number of likely N-dealkylation sites (tertiary alicyclic amines) is 1. The summed E-state index contributed by atoms with van der Waals surface area (Å²) in [6, 6.07) is 0. The second kappa shape index (κ2) is 6.33. The average Bonchev–Trinajstić information content (AvgIpc) is 2.87. The molecular weight excluding hydrogens is 240 g/mol. The van der Waals surface area contributed by atoms with Gasteiger partial charge in [-0.05, 0) is 24.8 Å². The first-order valence-corrected chi connectivity index (χ1v) is 5.93. The molecule has 0 bridgehead atoms. The van der Waals surface area contributed by atoms with Crippen LogP contribution in [0.4, 0.5) is 0 Å². The summed E-state index contributed by atoms with van der Waals surface area (Å²) in [5.74, 6) is 2.84. The van der Waals surface area contributed by atoms with Gasteiger partial charge in [0.15, 0.2) is 5.82 Å². The van der Waals surface area contributed by atoms with Crippen molar-refractivity contribution in [1.29, 1.82) is 0 Å². The van der Waals surface area contributed by atoms with E-state index in [1.54, 1.807) is 0 Å². The lowest BCUT2D eigenvalue weighted by Gasteiger charge is -2.15. The minimum atomic E-state index is 0. The van der Waals surface area contributed by atoms with Crippen LogP contribution in [0.1, 0.15) is 32.0 Å². The van der Waals surface area contributed by atoms with Crippen molar-refractivity contribution in [2.24, 2.45) is 17.6 Å². The fraction of sp³-hybridized carbons (Fsp3) is 0.818. The Balaban J connectivity index is 0.00000144. The molecule has 0 saturated carbocycles. The van der Waals surface area contributed by atoms with Gasteiger partial charge in [0, 0.05) is 6.54 Å². The summed E-state index contributed by atoms with van der Waals surface area (Å²) in [6.45, 7) is 7.96. The normalized spacial score (nSPS) is 20.8. The highest BCUT2D eigenvalue weighted by Gasteiger charge is 2.25. The third-order valence-corrected chi connectivity index (χ3v) is 3.30. The van der Waals surface area contributed by atoms with Gasteiger partial charge in [0.1, 0.15) is 0 Å². The van der Waals surface area contributed by atoms with E-state index in [1.807, 2.05) is 0 Å². The van der Waals surface area contributed by atoms with Crippen LogP contribution in [-0.4, -0.2) is 28.1 Å². The summed E-state index contributed by atoms with van der Waals surface area (Å²) in [6.07, 6.45) is 1.28. The highest BCUT2D eigenvalue weighted by Crippen LogP contribution is 2.24. The van der Waals surface area contributed by atoms with Crippen LogP contribution >= 0.6 is 12.4 Å². The molecule has 0 radical (unpaired) electrons. The summed E-state index contributed by atoms with van der Waals surface area (Å²) in [7, 11) is 0. The molecule has 17 heavy (non-hydrogen) atoms. The van der Waals surface area contributed by atoms with Gasteiger partial charge >= 0.3 is 0 Å². The predicted octanol–water partition coefficient (Wildman–Crippen LogP) is 1.43. The van der Waals surface area contributed by atoms with Crippen LogP contribution in [0.5, 0.6) is 0 Å². The number of aromatic nitrogens is 2. The highest BCUT2D eigenvalue weighted by molar-refractivity contribution is 5.85. The second-order valence-corrected chi connectivity index (χ2v) is 4.84.